The third-order valence-electron chi connectivity index (χ3n) is 6.34. The molecule has 0 aliphatic heterocycles. The molecule has 0 fully saturated rings. The topological polar surface area (TPSA) is 98.7 Å². The molecule has 3 N–H and O–H groups in total. The predicted octanol–water partition coefficient (Wildman–Crippen LogP) is 6.74. The number of benzene rings is 3. The molecular formula is C30H30ClN3O4. The fourth-order valence-corrected chi connectivity index (χ4v) is 4.51. The molecule has 0 saturated carbocycles. The molecule has 38 heavy (non-hydrogen) atoms. The Labute approximate surface area is 227 Å². The number of rotatable bonds is 9. The van der Waals surface area contributed by atoms with Crippen LogP contribution in [0.25, 0.3) is 5.57 Å². The van der Waals surface area contributed by atoms with Crippen molar-refractivity contribution >= 4 is 46.5 Å². The summed E-state index contributed by atoms with van der Waals surface area (Å²) < 4.78 is 0. The highest BCUT2D eigenvalue weighted by molar-refractivity contribution is 6.30. The Hall–Kier alpha value is -4.10. The minimum Gasteiger partial charge on any atom is -0.481 e. The molecule has 0 atom stereocenters. The number of nitrogens with zero attached hydrogens (tertiary/aromatic N) is 1. The van der Waals surface area contributed by atoms with E-state index in [1.807, 2.05) is 12.1 Å². The summed E-state index contributed by atoms with van der Waals surface area (Å²) in [5.74, 6) is -1.32. The molecule has 3 amide bonds. The van der Waals surface area contributed by atoms with Crippen molar-refractivity contribution in [2.45, 2.75) is 38.6 Å². The molecule has 4 rings (SSSR count). The fraction of sp³-hybridized carbons (Fsp3) is 0.233. The van der Waals surface area contributed by atoms with Crippen LogP contribution in [0.4, 0.5) is 16.2 Å². The summed E-state index contributed by atoms with van der Waals surface area (Å²) in [6.45, 7) is 0.329. The Bertz CT molecular complexity index is 1320. The molecule has 0 aromatic heterocycles. The van der Waals surface area contributed by atoms with Gasteiger partial charge in [0.15, 0.2) is 0 Å². The van der Waals surface area contributed by atoms with E-state index in [1.54, 1.807) is 53.4 Å². The van der Waals surface area contributed by atoms with Crippen LogP contribution in [0.2, 0.25) is 5.02 Å². The van der Waals surface area contributed by atoms with Gasteiger partial charge in [-0.25, -0.2) is 4.79 Å². The molecule has 0 spiro atoms. The van der Waals surface area contributed by atoms with Crippen molar-refractivity contribution in [3.05, 3.63) is 101 Å². The normalized spacial score (nSPS) is 12.8. The number of aliphatic carboxylic acids is 1. The number of urea groups is 1. The van der Waals surface area contributed by atoms with Gasteiger partial charge in [0.2, 0.25) is 0 Å². The smallest absolute Gasteiger partial charge is 0.326 e. The SMILES string of the molecule is O=C(O)CCNC(=O)c1ccc(CN(C(=O)Nc2cccc(Cl)c2)c2ccc(C3=CCCCC3)cc2)cc1. The van der Waals surface area contributed by atoms with Crippen LogP contribution in [0.3, 0.4) is 0 Å². The highest BCUT2D eigenvalue weighted by atomic mass is 35.5. The fourth-order valence-electron chi connectivity index (χ4n) is 4.32. The molecule has 3 aromatic carbocycles. The van der Waals surface area contributed by atoms with Crippen LogP contribution in [-0.2, 0) is 11.3 Å². The number of carboxylic acids is 1. The molecule has 196 valence electrons. The Morgan fingerprint density at radius 1 is 0.947 bits per heavy atom. The molecular weight excluding hydrogens is 502 g/mol. The molecule has 1 aliphatic carbocycles. The summed E-state index contributed by atoms with van der Waals surface area (Å²) in [4.78, 5) is 38.0. The van der Waals surface area contributed by atoms with E-state index >= 15 is 0 Å². The van der Waals surface area contributed by atoms with Crippen molar-refractivity contribution in [2.24, 2.45) is 0 Å². The highest BCUT2D eigenvalue weighted by Crippen LogP contribution is 2.29. The second-order valence-electron chi connectivity index (χ2n) is 9.15. The Morgan fingerprint density at radius 3 is 2.37 bits per heavy atom. The summed E-state index contributed by atoms with van der Waals surface area (Å²) in [5.41, 5.74) is 5.08. The van der Waals surface area contributed by atoms with Gasteiger partial charge in [-0.3, -0.25) is 14.5 Å². The number of halogens is 1. The van der Waals surface area contributed by atoms with Crippen LogP contribution in [0.1, 0.15) is 53.6 Å². The summed E-state index contributed by atoms with van der Waals surface area (Å²) in [6, 6.07) is 21.6. The van der Waals surface area contributed by atoms with Gasteiger partial charge in [0, 0.05) is 28.5 Å². The molecule has 1 aliphatic rings. The van der Waals surface area contributed by atoms with Crippen LogP contribution in [0.5, 0.6) is 0 Å². The molecule has 3 aromatic rings. The van der Waals surface area contributed by atoms with Gasteiger partial charge in [0.05, 0.1) is 13.0 Å². The lowest BCUT2D eigenvalue weighted by Gasteiger charge is -2.24. The first-order chi connectivity index (χ1) is 18.4. The third kappa shape index (κ3) is 7.46. The van der Waals surface area contributed by atoms with Crippen LogP contribution in [-0.4, -0.2) is 29.6 Å². The van der Waals surface area contributed by atoms with Crippen molar-refractivity contribution in [1.29, 1.82) is 0 Å². The average molecular weight is 532 g/mol. The van der Waals surface area contributed by atoms with Gasteiger partial charge in [-0.2, -0.15) is 0 Å². The Kier molecular flexibility index (Phi) is 9.16. The standard InChI is InChI=1S/C30H30ClN3O4/c31-25-7-4-8-26(19-25)33-30(38)34(27-15-13-23(14-16-27)22-5-2-1-3-6-22)20-21-9-11-24(12-10-21)29(37)32-18-17-28(35)36/h4-5,7-16,19H,1-3,6,17-18,20H2,(H,32,37)(H,33,38)(H,35,36). The van der Waals surface area contributed by atoms with E-state index in [0.717, 1.165) is 24.1 Å². The number of carboxylic acid groups (broad SMARTS) is 1. The number of carbonyl (C=O) groups excluding carboxylic acids is 2. The molecule has 0 radical (unpaired) electrons. The van der Waals surface area contributed by atoms with E-state index in [1.165, 1.54) is 24.0 Å². The maximum absolute atomic E-state index is 13.4. The van der Waals surface area contributed by atoms with E-state index in [4.69, 9.17) is 16.7 Å². The van der Waals surface area contributed by atoms with E-state index in [2.05, 4.69) is 28.8 Å². The largest absolute Gasteiger partial charge is 0.481 e. The quantitative estimate of drug-likeness (QED) is 0.285. The van der Waals surface area contributed by atoms with Gasteiger partial charge < -0.3 is 15.7 Å². The molecule has 8 heteroatoms. The molecule has 0 heterocycles. The van der Waals surface area contributed by atoms with E-state index < -0.39 is 5.97 Å². The zero-order valence-electron chi connectivity index (χ0n) is 21.0. The van der Waals surface area contributed by atoms with Gasteiger partial charge in [-0.1, -0.05) is 48.0 Å². The lowest BCUT2D eigenvalue weighted by Crippen LogP contribution is -2.34. The first-order valence-corrected chi connectivity index (χ1v) is 13.0. The number of anilines is 2. The van der Waals surface area contributed by atoms with Crippen molar-refractivity contribution < 1.29 is 19.5 Å². The lowest BCUT2D eigenvalue weighted by atomic mass is 9.93. The second-order valence-corrected chi connectivity index (χ2v) is 9.58. The molecule has 0 saturated heterocycles. The van der Waals surface area contributed by atoms with Gasteiger partial charge in [0.25, 0.3) is 5.91 Å². The second kappa shape index (κ2) is 12.9. The summed E-state index contributed by atoms with van der Waals surface area (Å²) in [6.07, 6.45) is 6.72. The van der Waals surface area contributed by atoms with E-state index in [-0.39, 0.29) is 31.4 Å². The minimum atomic E-state index is -0.972. The molecule has 7 nitrogen and oxygen atoms in total. The first-order valence-electron chi connectivity index (χ1n) is 12.6. The van der Waals surface area contributed by atoms with Crippen molar-refractivity contribution in [3.8, 4) is 0 Å². The van der Waals surface area contributed by atoms with Crippen LogP contribution in [0.15, 0.2) is 78.9 Å². The van der Waals surface area contributed by atoms with Gasteiger partial charge in [0.1, 0.15) is 0 Å². The number of allylic oxidation sites excluding steroid dienone is 2. The van der Waals surface area contributed by atoms with Gasteiger partial charge >= 0.3 is 12.0 Å². The van der Waals surface area contributed by atoms with Crippen LogP contribution >= 0.6 is 11.6 Å². The van der Waals surface area contributed by atoms with E-state index in [0.29, 0.717) is 16.3 Å². The Balaban J connectivity index is 1.52. The van der Waals surface area contributed by atoms with Crippen molar-refractivity contribution in [2.75, 3.05) is 16.8 Å². The predicted molar refractivity (Wildman–Crippen MR) is 151 cm³/mol. The zero-order chi connectivity index (χ0) is 26.9. The Morgan fingerprint density at radius 2 is 1.71 bits per heavy atom. The number of carbonyl (C=O) groups is 3. The summed E-state index contributed by atoms with van der Waals surface area (Å²) in [7, 11) is 0. The summed E-state index contributed by atoms with van der Waals surface area (Å²) in [5, 5.41) is 14.8. The maximum Gasteiger partial charge on any atom is 0.326 e. The van der Waals surface area contributed by atoms with Crippen molar-refractivity contribution in [3.63, 3.8) is 0 Å². The van der Waals surface area contributed by atoms with E-state index in [9.17, 15) is 14.4 Å². The average Bonchev–Trinajstić information content (AvgIpc) is 2.92. The monoisotopic (exact) mass is 531 g/mol. The van der Waals surface area contributed by atoms with Crippen LogP contribution in [0, 0.1) is 0 Å². The van der Waals surface area contributed by atoms with Gasteiger partial charge in [-0.15, -0.1) is 0 Å². The minimum absolute atomic E-state index is 0.0558. The first kappa shape index (κ1) is 26.9. The highest BCUT2D eigenvalue weighted by Gasteiger charge is 2.18. The molecule has 0 unspecified atom stereocenters. The number of hydrogen-bond acceptors (Lipinski definition) is 3. The zero-order valence-corrected chi connectivity index (χ0v) is 21.7. The van der Waals surface area contributed by atoms with Gasteiger partial charge in [-0.05, 0) is 84.8 Å². The number of nitrogens with one attached hydrogen (secondary N) is 2. The third-order valence-corrected chi connectivity index (χ3v) is 6.58. The maximum atomic E-state index is 13.4. The molecule has 0 bridgehead atoms. The number of hydrogen-bond donors (Lipinski definition) is 3. The van der Waals surface area contributed by atoms with Crippen molar-refractivity contribution in [1.82, 2.24) is 5.32 Å². The van der Waals surface area contributed by atoms with Crippen LogP contribution < -0.4 is 15.5 Å². The summed E-state index contributed by atoms with van der Waals surface area (Å²) >= 11 is 6.10. The number of amides is 3. The lowest BCUT2D eigenvalue weighted by molar-refractivity contribution is -0.136.